The Balaban J connectivity index is 1.45. The van der Waals surface area contributed by atoms with E-state index in [0.29, 0.717) is 25.1 Å². The van der Waals surface area contributed by atoms with Crippen molar-refractivity contribution >= 4 is 5.91 Å². The van der Waals surface area contributed by atoms with Gasteiger partial charge in [-0.2, -0.15) is 5.10 Å². The number of nitrogens with one attached hydrogen (secondary N) is 1. The Bertz CT molecular complexity index is 875. The summed E-state index contributed by atoms with van der Waals surface area (Å²) in [7, 11) is 0. The van der Waals surface area contributed by atoms with E-state index < -0.39 is 0 Å². The summed E-state index contributed by atoms with van der Waals surface area (Å²) in [5, 5.41) is 7.07. The molecular weight excluding hydrogens is 333 g/mol. The maximum absolute atomic E-state index is 13.4. The first-order valence-electron chi connectivity index (χ1n) is 8.42. The first-order valence-corrected chi connectivity index (χ1v) is 8.42. The number of nitrogens with zero attached hydrogens (tertiary/aromatic N) is 2. The molecule has 134 valence electrons. The molecule has 3 rings (SSSR count). The van der Waals surface area contributed by atoms with E-state index >= 15 is 0 Å². The standard InChI is InChI=1S/C20H20FN3O2/c1-15-11-13-23-24(15)17-9-7-16(8-10-17)20(25)22-12-4-14-26-19-6-3-2-5-18(19)21/h2-3,5-11,13H,4,12,14H2,1H3,(H,22,25). The maximum atomic E-state index is 13.4. The van der Waals surface area contributed by atoms with Crippen LogP contribution in [0.15, 0.2) is 60.8 Å². The zero-order chi connectivity index (χ0) is 18.4. The molecule has 0 unspecified atom stereocenters. The summed E-state index contributed by atoms with van der Waals surface area (Å²) < 4.78 is 20.6. The highest BCUT2D eigenvalue weighted by molar-refractivity contribution is 5.94. The molecule has 0 aliphatic rings. The fourth-order valence-corrected chi connectivity index (χ4v) is 2.51. The third kappa shape index (κ3) is 4.27. The van der Waals surface area contributed by atoms with E-state index in [-0.39, 0.29) is 17.5 Å². The predicted molar refractivity (Wildman–Crippen MR) is 97.1 cm³/mol. The number of para-hydroxylation sites is 1. The van der Waals surface area contributed by atoms with Crippen molar-refractivity contribution in [2.75, 3.05) is 13.2 Å². The van der Waals surface area contributed by atoms with Gasteiger partial charge in [0.25, 0.3) is 5.91 Å². The Morgan fingerprint density at radius 1 is 1.15 bits per heavy atom. The van der Waals surface area contributed by atoms with E-state index in [1.165, 1.54) is 6.07 Å². The summed E-state index contributed by atoms with van der Waals surface area (Å²) in [6.07, 6.45) is 2.32. The lowest BCUT2D eigenvalue weighted by molar-refractivity contribution is 0.0951. The summed E-state index contributed by atoms with van der Waals surface area (Å²) in [5.41, 5.74) is 2.51. The van der Waals surface area contributed by atoms with Crippen LogP contribution >= 0.6 is 0 Å². The first-order chi connectivity index (χ1) is 12.6. The predicted octanol–water partition coefficient (Wildman–Crippen LogP) is 3.52. The summed E-state index contributed by atoms with van der Waals surface area (Å²) in [6.45, 7) is 2.75. The smallest absolute Gasteiger partial charge is 0.251 e. The fraction of sp³-hybridized carbons (Fsp3) is 0.200. The van der Waals surface area contributed by atoms with E-state index in [0.717, 1.165) is 11.4 Å². The zero-order valence-electron chi connectivity index (χ0n) is 14.5. The van der Waals surface area contributed by atoms with Gasteiger partial charge in [0.15, 0.2) is 11.6 Å². The average Bonchev–Trinajstić information content (AvgIpc) is 3.09. The molecule has 0 radical (unpaired) electrons. The monoisotopic (exact) mass is 353 g/mol. The molecule has 0 spiro atoms. The normalized spacial score (nSPS) is 10.5. The summed E-state index contributed by atoms with van der Waals surface area (Å²) >= 11 is 0. The topological polar surface area (TPSA) is 56.2 Å². The van der Waals surface area contributed by atoms with Gasteiger partial charge in [-0.05, 0) is 55.8 Å². The Morgan fingerprint density at radius 3 is 2.62 bits per heavy atom. The summed E-state index contributed by atoms with van der Waals surface area (Å²) in [6, 6.07) is 15.4. The molecule has 3 aromatic rings. The highest BCUT2D eigenvalue weighted by atomic mass is 19.1. The van der Waals surface area contributed by atoms with Gasteiger partial charge < -0.3 is 10.1 Å². The number of halogens is 1. The van der Waals surface area contributed by atoms with Gasteiger partial charge in [0.05, 0.1) is 12.3 Å². The number of hydrogen-bond donors (Lipinski definition) is 1. The number of amides is 1. The second-order valence-corrected chi connectivity index (χ2v) is 5.82. The van der Waals surface area contributed by atoms with Crippen LogP contribution in [0.4, 0.5) is 4.39 Å². The molecule has 2 aromatic carbocycles. The van der Waals surface area contributed by atoms with Crippen LogP contribution in [0.25, 0.3) is 5.69 Å². The third-order valence-electron chi connectivity index (χ3n) is 3.91. The molecule has 6 heteroatoms. The molecule has 0 bridgehead atoms. The van der Waals surface area contributed by atoms with Gasteiger partial charge in [-0.3, -0.25) is 4.79 Å². The van der Waals surface area contributed by atoms with Gasteiger partial charge in [0.2, 0.25) is 0 Å². The number of aryl methyl sites for hydroxylation is 1. The molecule has 1 amide bonds. The number of aromatic nitrogens is 2. The van der Waals surface area contributed by atoms with Crippen molar-refractivity contribution in [2.45, 2.75) is 13.3 Å². The van der Waals surface area contributed by atoms with Crippen molar-refractivity contribution in [1.29, 1.82) is 0 Å². The number of rotatable bonds is 7. The largest absolute Gasteiger partial charge is 0.490 e. The number of carbonyl (C=O) groups is 1. The second kappa shape index (κ2) is 8.29. The summed E-state index contributed by atoms with van der Waals surface area (Å²) in [4.78, 5) is 12.2. The van der Waals surface area contributed by atoms with Crippen LogP contribution in [0.1, 0.15) is 22.5 Å². The van der Waals surface area contributed by atoms with E-state index in [1.54, 1.807) is 36.5 Å². The van der Waals surface area contributed by atoms with Gasteiger partial charge in [-0.25, -0.2) is 9.07 Å². The minimum absolute atomic E-state index is 0.153. The van der Waals surface area contributed by atoms with Crippen molar-refractivity contribution in [2.24, 2.45) is 0 Å². The lowest BCUT2D eigenvalue weighted by atomic mass is 10.2. The van der Waals surface area contributed by atoms with Crippen molar-refractivity contribution in [3.8, 4) is 11.4 Å². The summed E-state index contributed by atoms with van der Waals surface area (Å²) in [5.74, 6) is -0.313. The number of benzene rings is 2. The van der Waals surface area contributed by atoms with E-state index in [1.807, 2.05) is 29.8 Å². The van der Waals surface area contributed by atoms with Crippen LogP contribution in [-0.4, -0.2) is 28.8 Å². The molecule has 1 heterocycles. The SMILES string of the molecule is Cc1ccnn1-c1ccc(C(=O)NCCCOc2ccccc2F)cc1. The van der Waals surface area contributed by atoms with E-state index in [9.17, 15) is 9.18 Å². The minimum Gasteiger partial charge on any atom is -0.490 e. The average molecular weight is 353 g/mol. The van der Waals surface area contributed by atoms with Crippen LogP contribution in [0.2, 0.25) is 0 Å². The van der Waals surface area contributed by atoms with Gasteiger partial charge in [0, 0.05) is 24.0 Å². The Morgan fingerprint density at radius 2 is 1.92 bits per heavy atom. The molecule has 0 saturated heterocycles. The molecule has 1 N–H and O–H groups in total. The van der Waals surface area contributed by atoms with Gasteiger partial charge in [0.1, 0.15) is 0 Å². The van der Waals surface area contributed by atoms with Crippen molar-refractivity contribution < 1.29 is 13.9 Å². The molecule has 0 aliphatic heterocycles. The fourth-order valence-electron chi connectivity index (χ4n) is 2.51. The molecule has 0 atom stereocenters. The van der Waals surface area contributed by atoms with Crippen LogP contribution in [-0.2, 0) is 0 Å². The lowest BCUT2D eigenvalue weighted by Crippen LogP contribution is -2.25. The van der Waals surface area contributed by atoms with Crippen molar-refractivity contribution in [3.05, 3.63) is 77.9 Å². The van der Waals surface area contributed by atoms with Crippen LogP contribution < -0.4 is 10.1 Å². The minimum atomic E-state index is -0.385. The molecule has 26 heavy (non-hydrogen) atoms. The van der Waals surface area contributed by atoms with Crippen molar-refractivity contribution in [1.82, 2.24) is 15.1 Å². The van der Waals surface area contributed by atoms with Crippen LogP contribution in [0.5, 0.6) is 5.75 Å². The molecule has 0 aliphatic carbocycles. The quantitative estimate of drug-likeness (QED) is 0.661. The van der Waals surface area contributed by atoms with Crippen LogP contribution in [0.3, 0.4) is 0 Å². The molecular formula is C20H20FN3O2. The molecule has 0 saturated carbocycles. The van der Waals surface area contributed by atoms with Gasteiger partial charge >= 0.3 is 0 Å². The molecule has 1 aromatic heterocycles. The second-order valence-electron chi connectivity index (χ2n) is 5.82. The first kappa shape index (κ1) is 17.7. The molecule has 0 fully saturated rings. The Hall–Kier alpha value is -3.15. The Labute approximate surface area is 151 Å². The van der Waals surface area contributed by atoms with E-state index in [2.05, 4.69) is 10.4 Å². The highest BCUT2D eigenvalue weighted by Gasteiger charge is 2.07. The van der Waals surface area contributed by atoms with Gasteiger partial charge in [-0.15, -0.1) is 0 Å². The zero-order valence-corrected chi connectivity index (χ0v) is 14.5. The number of ether oxygens (including phenoxy) is 1. The molecule has 5 nitrogen and oxygen atoms in total. The third-order valence-corrected chi connectivity index (χ3v) is 3.91. The van der Waals surface area contributed by atoms with Crippen molar-refractivity contribution in [3.63, 3.8) is 0 Å². The number of hydrogen-bond acceptors (Lipinski definition) is 3. The highest BCUT2D eigenvalue weighted by Crippen LogP contribution is 2.15. The van der Waals surface area contributed by atoms with Crippen LogP contribution in [0, 0.1) is 12.7 Å². The lowest BCUT2D eigenvalue weighted by Gasteiger charge is -2.09. The number of carbonyl (C=O) groups excluding carboxylic acids is 1. The van der Waals surface area contributed by atoms with E-state index in [4.69, 9.17) is 4.74 Å². The van der Waals surface area contributed by atoms with Gasteiger partial charge in [-0.1, -0.05) is 12.1 Å². The maximum Gasteiger partial charge on any atom is 0.251 e. The Kier molecular flexibility index (Phi) is 5.63.